The fourth-order valence-electron chi connectivity index (χ4n) is 2.29. The fourth-order valence-corrected chi connectivity index (χ4v) is 2.29. The average molecular weight is 306 g/mol. The van der Waals surface area contributed by atoms with Gasteiger partial charge >= 0.3 is 0 Å². The number of aromatic nitrogens is 4. The predicted octanol–water partition coefficient (Wildman–Crippen LogP) is 3.35. The van der Waals surface area contributed by atoms with E-state index in [1.165, 1.54) is 10.4 Å². The minimum Gasteiger partial charge on any atom is -0.292 e. The van der Waals surface area contributed by atoms with Crippen LogP contribution in [0.2, 0.25) is 0 Å². The quantitative estimate of drug-likeness (QED) is 0.678. The number of benzene rings is 2. The molecule has 5 nitrogen and oxygen atoms in total. The lowest BCUT2D eigenvalue weighted by molar-refractivity contribution is 0.0961. The molecule has 0 aliphatic heterocycles. The Bertz CT molecular complexity index is 791. The van der Waals surface area contributed by atoms with Crippen molar-refractivity contribution < 1.29 is 4.79 Å². The molecule has 0 aliphatic carbocycles. The lowest BCUT2D eigenvalue weighted by Gasteiger charge is -2.06. The van der Waals surface area contributed by atoms with Gasteiger partial charge in [0.15, 0.2) is 5.78 Å². The maximum Gasteiger partial charge on any atom is 0.204 e. The van der Waals surface area contributed by atoms with Gasteiger partial charge in [0.05, 0.1) is 0 Å². The first kappa shape index (κ1) is 15.1. The third-order valence-corrected chi connectivity index (χ3v) is 3.67. The Kier molecular flexibility index (Phi) is 4.28. The SMILES string of the molecule is CC(C)c1ccc(C(=O)Cn2nnc(-c3ccccc3)n2)cc1. The number of nitrogens with zero attached hydrogens (tertiary/aromatic N) is 4. The second kappa shape index (κ2) is 6.52. The standard InChI is InChI=1S/C18H18N4O/c1-13(2)14-8-10-15(11-9-14)17(23)12-22-20-18(19-21-22)16-6-4-3-5-7-16/h3-11,13H,12H2,1-2H3. The van der Waals surface area contributed by atoms with Crippen molar-refractivity contribution in [3.63, 3.8) is 0 Å². The van der Waals surface area contributed by atoms with Crippen LogP contribution in [-0.4, -0.2) is 26.0 Å². The Balaban J connectivity index is 1.72. The van der Waals surface area contributed by atoms with Crippen LogP contribution in [0.25, 0.3) is 11.4 Å². The molecular weight excluding hydrogens is 288 g/mol. The summed E-state index contributed by atoms with van der Waals surface area (Å²) in [5.41, 5.74) is 2.76. The molecule has 5 heteroatoms. The second-order valence-electron chi connectivity index (χ2n) is 5.71. The van der Waals surface area contributed by atoms with Gasteiger partial charge in [-0.3, -0.25) is 4.79 Å². The molecule has 2 aromatic carbocycles. The molecule has 0 fully saturated rings. The maximum atomic E-state index is 12.3. The number of ketones is 1. The van der Waals surface area contributed by atoms with Crippen LogP contribution in [0.5, 0.6) is 0 Å². The lowest BCUT2D eigenvalue weighted by Crippen LogP contribution is -2.13. The van der Waals surface area contributed by atoms with Gasteiger partial charge in [-0.2, -0.15) is 4.80 Å². The van der Waals surface area contributed by atoms with E-state index in [9.17, 15) is 4.79 Å². The maximum absolute atomic E-state index is 12.3. The molecule has 0 atom stereocenters. The number of carbonyl (C=O) groups is 1. The number of hydrogen-bond donors (Lipinski definition) is 0. The first-order valence-electron chi connectivity index (χ1n) is 7.60. The topological polar surface area (TPSA) is 60.7 Å². The predicted molar refractivity (Wildman–Crippen MR) is 88.1 cm³/mol. The van der Waals surface area contributed by atoms with Crippen LogP contribution in [0.1, 0.15) is 35.7 Å². The molecule has 0 saturated carbocycles. The molecule has 1 aromatic heterocycles. The Labute approximate surface area is 135 Å². The summed E-state index contributed by atoms with van der Waals surface area (Å²) < 4.78 is 0. The van der Waals surface area contributed by atoms with Crippen molar-refractivity contribution in [2.75, 3.05) is 0 Å². The minimum atomic E-state index is -0.0303. The van der Waals surface area contributed by atoms with Gasteiger partial charge in [-0.25, -0.2) is 0 Å². The van der Waals surface area contributed by atoms with E-state index in [0.717, 1.165) is 5.56 Å². The van der Waals surface area contributed by atoms with Crippen molar-refractivity contribution in [3.05, 3.63) is 65.7 Å². The van der Waals surface area contributed by atoms with E-state index in [1.807, 2.05) is 54.6 Å². The van der Waals surface area contributed by atoms with E-state index in [-0.39, 0.29) is 12.3 Å². The van der Waals surface area contributed by atoms with Crippen LogP contribution < -0.4 is 0 Å². The van der Waals surface area contributed by atoms with E-state index in [4.69, 9.17) is 0 Å². The van der Waals surface area contributed by atoms with Gasteiger partial charge in [0.25, 0.3) is 0 Å². The van der Waals surface area contributed by atoms with Crippen LogP contribution in [-0.2, 0) is 6.54 Å². The normalized spacial score (nSPS) is 10.9. The van der Waals surface area contributed by atoms with Crippen molar-refractivity contribution >= 4 is 5.78 Å². The highest BCUT2D eigenvalue weighted by molar-refractivity contribution is 5.95. The molecule has 0 saturated heterocycles. The highest BCUT2D eigenvalue weighted by Gasteiger charge is 2.11. The van der Waals surface area contributed by atoms with Crippen molar-refractivity contribution in [3.8, 4) is 11.4 Å². The Morgan fingerprint density at radius 3 is 2.39 bits per heavy atom. The summed E-state index contributed by atoms with van der Waals surface area (Å²) in [6.07, 6.45) is 0. The molecule has 0 N–H and O–H groups in total. The number of carbonyl (C=O) groups excluding carboxylic acids is 1. The molecule has 23 heavy (non-hydrogen) atoms. The zero-order valence-corrected chi connectivity index (χ0v) is 13.2. The van der Waals surface area contributed by atoms with E-state index >= 15 is 0 Å². The molecule has 1 heterocycles. The van der Waals surface area contributed by atoms with E-state index < -0.39 is 0 Å². The second-order valence-corrected chi connectivity index (χ2v) is 5.71. The molecule has 0 unspecified atom stereocenters. The molecule has 116 valence electrons. The summed E-state index contributed by atoms with van der Waals surface area (Å²) >= 11 is 0. The Morgan fingerprint density at radius 2 is 1.74 bits per heavy atom. The fraction of sp³-hybridized carbons (Fsp3) is 0.222. The molecule has 0 amide bonds. The first-order chi connectivity index (χ1) is 11.1. The first-order valence-corrected chi connectivity index (χ1v) is 7.60. The van der Waals surface area contributed by atoms with E-state index in [0.29, 0.717) is 17.3 Å². The highest BCUT2D eigenvalue weighted by atomic mass is 16.1. The Hall–Kier alpha value is -2.82. The molecule has 0 aliphatic rings. The van der Waals surface area contributed by atoms with Gasteiger partial charge in [-0.15, -0.1) is 10.2 Å². The summed E-state index contributed by atoms with van der Waals surface area (Å²) in [7, 11) is 0. The van der Waals surface area contributed by atoms with Gasteiger partial charge in [0, 0.05) is 11.1 Å². The molecule has 0 bridgehead atoms. The van der Waals surface area contributed by atoms with Crippen molar-refractivity contribution in [2.45, 2.75) is 26.3 Å². The summed E-state index contributed by atoms with van der Waals surface area (Å²) in [5.74, 6) is 0.940. The molecule has 3 rings (SSSR count). The number of Topliss-reactive ketones (excluding diaryl/α,β-unsaturated/α-hetero) is 1. The zero-order valence-electron chi connectivity index (χ0n) is 13.2. The summed E-state index contributed by atoms with van der Waals surface area (Å²) in [4.78, 5) is 13.6. The smallest absolute Gasteiger partial charge is 0.204 e. The summed E-state index contributed by atoms with van der Waals surface area (Å²) in [5, 5.41) is 12.2. The third kappa shape index (κ3) is 3.51. The van der Waals surface area contributed by atoms with Gasteiger partial charge < -0.3 is 0 Å². The largest absolute Gasteiger partial charge is 0.292 e. The molecule has 0 radical (unpaired) electrons. The van der Waals surface area contributed by atoms with Gasteiger partial charge in [0.1, 0.15) is 6.54 Å². The van der Waals surface area contributed by atoms with Crippen molar-refractivity contribution in [1.29, 1.82) is 0 Å². The van der Waals surface area contributed by atoms with E-state index in [2.05, 4.69) is 29.3 Å². The van der Waals surface area contributed by atoms with Crippen LogP contribution in [0.15, 0.2) is 54.6 Å². The number of rotatable bonds is 5. The molecular formula is C18H18N4O. The summed E-state index contributed by atoms with van der Waals surface area (Å²) in [6, 6.07) is 17.3. The average Bonchev–Trinajstić information content (AvgIpc) is 3.04. The van der Waals surface area contributed by atoms with Crippen molar-refractivity contribution in [2.24, 2.45) is 0 Å². The highest BCUT2D eigenvalue weighted by Crippen LogP contribution is 2.15. The van der Waals surface area contributed by atoms with Crippen LogP contribution >= 0.6 is 0 Å². The number of tetrazole rings is 1. The van der Waals surface area contributed by atoms with Crippen LogP contribution in [0.3, 0.4) is 0 Å². The monoisotopic (exact) mass is 306 g/mol. The Morgan fingerprint density at radius 1 is 1.04 bits per heavy atom. The third-order valence-electron chi connectivity index (χ3n) is 3.67. The van der Waals surface area contributed by atoms with Gasteiger partial charge in [-0.1, -0.05) is 68.4 Å². The van der Waals surface area contributed by atoms with Crippen LogP contribution in [0.4, 0.5) is 0 Å². The van der Waals surface area contributed by atoms with E-state index in [1.54, 1.807) is 0 Å². The summed E-state index contributed by atoms with van der Waals surface area (Å²) in [6.45, 7) is 4.34. The van der Waals surface area contributed by atoms with Gasteiger partial charge in [-0.05, 0) is 16.7 Å². The van der Waals surface area contributed by atoms with Gasteiger partial charge in [0.2, 0.25) is 5.82 Å². The molecule has 3 aromatic rings. The van der Waals surface area contributed by atoms with Crippen LogP contribution in [0, 0.1) is 0 Å². The lowest BCUT2D eigenvalue weighted by atomic mass is 10.0. The zero-order chi connectivity index (χ0) is 16.2. The molecule has 0 spiro atoms. The minimum absolute atomic E-state index is 0.0303. The number of hydrogen-bond acceptors (Lipinski definition) is 4. The van der Waals surface area contributed by atoms with Crippen molar-refractivity contribution in [1.82, 2.24) is 20.2 Å².